The molecule has 2 rings (SSSR count). The average molecular weight is 238 g/mol. The lowest BCUT2D eigenvalue weighted by molar-refractivity contribution is -0.384. The van der Waals surface area contributed by atoms with Crippen LogP contribution in [0.25, 0.3) is 0 Å². The fraction of sp³-hybridized carbons (Fsp3) is 0.727. The number of nitrogens with two attached hydrogens (primary N) is 1. The third-order valence-electron chi connectivity index (χ3n) is 3.73. The Hall–Kier alpha value is -1.59. The van der Waals surface area contributed by atoms with E-state index in [0.29, 0.717) is 11.6 Å². The van der Waals surface area contributed by atoms with Crippen LogP contribution in [-0.2, 0) is 0 Å². The molecule has 0 saturated heterocycles. The number of nitrogen functional groups attached to an aromatic ring is 1. The van der Waals surface area contributed by atoms with Crippen LogP contribution >= 0.6 is 0 Å². The monoisotopic (exact) mass is 238 g/mol. The highest BCUT2D eigenvalue weighted by atomic mass is 16.6. The van der Waals surface area contributed by atoms with E-state index in [9.17, 15) is 10.1 Å². The molecule has 94 valence electrons. The fourth-order valence-corrected chi connectivity index (χ4v) is 2.85. The van der Waals surface area contributed by atoms with Crippen molar-refractivity contribution in [3.8, 4) is 0 Å². The minimum absolute atomic E-state index is 0.0354. The van der Waals surface area contributed by atoms with Gasteiger partial charge in [0, 0.05) is 0 Å². The zero-order chi connectivity index (χ0) is 12.6. The third-order valence-corrected chi connectivity index (χ3v) is 3.73. The van der Waals surface area contributed by atoms with Crippen LogP contribution < -0.4 is 5.73 Å². The molecule has 6 nitrogen and oxygen atoms in total. The van der Waals surface area contributed by atoms with E-state index in [4.69, 9.17) is 5.73 Å². The lowest BCUT2D eigenvalue weighted by atomic mass is 10.0. The first-order chi connectivity index (χ1) is 8.06. The van der Waals surface area contributed by atoms with Crippen molar-refractivity contribution in [2.75, 3.05) is 5.73 Å². The molecule has 0 aliphatic heterocycles. The second-order valence-corrected chi connectivity index (χ2v) is 4.69. The van der Waals surface area contributed by atoms with E-state index in [-0.39, 0.29) is 17.5 Å². The molecule has 1 aromatic heterocycles. The molecule has 0 amide bonds. The number of hydrogen-bond donors (Lipinski definition) is 1. The highest BCUT2D eigenvalue weighted by Gasteiger charge is 2.33. The van der Waals surface area contributed by atoms with Crippen molar-refractivity contribution in [2.24, 2.45) is 5.92 Å². The van der Waals surface area contributed by atoms with Gasteiger partial charge >= 0.3 is 5.69 Å². The van der Waals surface area contributed by atoms with Crippen molar-refractivity contribution in [3.63, 3.8) is 0 Å². The van der Waals surface area contributed by atoms with E-state index in [0.717, 1.165) is 25.7 Å². The number of nitrogens with zero attached hydrogens (tertiary/aromatic N) is 3. The number of anilines is 1. The summed E-state index contributed by atoms with van der Waals surface area (Å²) in [5.41, 5.74) is 6.24. The molecular weight excluding hydrogens is 220 g/mol. The molecule has 1 aliphatic rings. The molecule has 6 heteroatoms. The minimum atomic E-state index is -0.440. The molecule has 1 saturated carbocycles. The maximum absolute atomic E-state index is 10.9. The topological polar surface area (TPSA) is 87.0 Å². The molecule has 2 N–H and O–H groups in total. The first-order valence-corrected chi connectivity index (χ1v) is 6.05. The van der Waals surface area contributed by atoms with Crippen LogP contribution in [0.5, 0.6) is 0 Å². The molecule has 1 aliphatic carbocycles. The number of aryl methyl sites for hydroxylation is 1. The normalized spacial score (nSPS) is 24.1. The molecule has 0 aromatic carbocycles. The number of rotatable bonds is 3. The minimum Gasteiger partial charge on any atom is -0.378 e. The summed E-state index contributed by atoms with van der Waals surface area (Å²) in [6.45, 7) is 3.78. The van der Waals surface area contributed by atoms with E-state index >= 15 is 0 Å². The highest BCUT2D eigenvalue weighted by Crippen LogP contribution is 2.40. The fourth-order valence-electron chi connectivity index (χ4n) is 2.85. The van der Waals surface area contributed by atoms with Crippen LogP contribution in [0, 0.1) is 23.0 Å². The van der Waals surface area contributed by atoms with Crippen LogP contribution in [0.3, 0.4) is 0 Å². The van der Waals surface area contributed by atoms with Crippen molar-refractivity contribution in [1.82, 2.24) is 9.78 Å². The van der Waals surface area contributed by atoms with Gasteiger partial charge in [-0.3, -0.25) is 10.1 Å². The van der Waals surface area contributed by atoms with Gasteiger partial charge in [-0.05, 0) is 25.7 Å². The smallest absolute Gasteiger partial charge is 0.333 e. The van der Waals surface area contributed by atoms with Gasteiger partial charge in [-0.1, -0.05) is 19.8 Å². The Bertz CT molecular complexity index is 441. The van der Waals surface area contributed by atoms with Gasteiger partial charge in [-0.2, -0.15) is 5.10 Å². The summed E-state index contributed by atoms with van der Waals surface area (Å²) in [6, 6.07) is 0.229. The van der Waals surface area contributed by atoms with Gasteiger partial charge in [0.05, 0.1) is 11.0 Å². The van der Waals surface area contributed by atoms with Crippen LogP contribution in [0.1, 0.15) is 44.3 Å². The third kappa shape index (κ3) is 1.87. The van der Waals surface area contributed by atoms with Gasteiger partial charge in [-0.25, -0.2) is 4.68 Å². The Kier molecular flexibility index (Phi) is 3.04. The van der Waals surface area contributed by atoms with E-state index < -0.39 is 4.92 Å². The maximum Gasteiger partial charge on any atom is 0.333 e. The zero-order valence-corrected chi connectivity index (χ0v) is 10.2. The molecule has 1 fully saturated rings. The van der Waals surface area contributed by atoms with Crippen molar-refractivity contribution >= 4 is 11.5 Å². The summed E-state index contributed by atoms with van der Waals surface area (Å²) in [5.74, 6) is 0.744. The molecule has 0 radical (unpaired) electrons. The van der Waals surface area contributed by atoms with Gasteiger partial charge in [0.2, 0.25) is 5.82 Å². The van der Waals surface area contributed by atoms with Gasteiger partial charge in [-0.15, -0.1) is 0 Å². The molecule has 2 atom stereocenters. The highest BCUT2D eigenvalue weighted by molar-refractivity contribution is 5.56. The summed E-state index contributed by atoms with van der Waals surface area (Å²) >= 11 is 0. The quantitative estimate of drug-likeness (QED) is 0.647. The molecular formula is C11H18N4O2. The first-order valence-electron chi connectivity index (χ1n) is 6.05. The first kappa shape index (κ1) is 11.9. The predicted octanol–water partition coefficient (Wildman–Crippen LogP) is 2.43. The van der Waals surface area contributed by atoms with Gasteiger partial charge in [0.1, 0.15) is 5.69 Å². The van der Waals surface area contributed by atoms with Crippen LogP contribution in [0.15, 0.2) is 0 Å². The number of nitro groups is 1. The van der Waals surface area contributed by atoms with E-state index in [1.807, 2.05) is 0 Å². The number of hydrogen-bond acceptors (Lipinski definition) is 4. The second kappa shape index (κ2) is 4.35. The van der Waals surface area contributed by atoms with Crippen molar-refractivity contribution in [3.05, 3.63) is 15.8 Å². The maximum atomic E-state index is 10.9. The summed E-state index contributed by atoms with van der Waals surface area (Å²) in [7, 11) is 0. The second-order valence-electron chi connectivity index (χ2n) is 4.69. The molecule has 1 heterocycles. The average Bonchev–Trinajstić information content (AvgIpc) is 2.82. The molecule has 17 heavy (non-hydrogen) atoms. The van der Waals surface area contributed by atoms with Gasteiger partial charge in [0.25, 0.3) is 0 Å². The van der Waals surface area contributed by atoms with Gasteiger partial charge in [0.15, 0.2) is 0 Å². The lowest BCUT2D eigenvalue weighted by Crippen LogP contribution is -2.17. The Labute approximate surface area is 99.9 Å². The zero-order valence-electron chi connectivity index (χ0n) is 10.2. The van der Waals surface area contributed by atoms with Crippen LogP contribution in [0.2, 0.25) is 0 Å². The van der Waals surface area contributed by atoms with E-state index in [2.05, 4.69) is 12.0 Å². The molecule has 1 aromatic rings. The Morgan fingerprint density at radius 2 is 2.29 bits per heavy atom. The summed E-state index contributed by atoms with van der Waals surface area (Å²) in [6.07, 6.45) is 4.39. The Morgan fingerprint density at radius 1 is 1.59 bits per heavy atom. The van der Waals surface area contributed by atoms with E-state index in [1.54, 1.807) is 11.6 Å². The predicted molar refractivity (Wildman–Crippen MR) is 64.7 cm³/mol. The van der Waals surface area contributed by atoms with Crippen molar-refractivity contribution in [2.45, 2.75) is 45.6 Å². The lowest BCUT2D eigenvalue weighted by Gasteiger charge is -2.19. The van der Waals surface area contributed by atoms with Crippen LogP contribution in [0.4, 0.5) is 11.5 Å². The van der Waals surface area contributed by atoms with Crippen molar-refractivity contribution < 1.29 is 4.92 Å². The molecule has 0 spiro atoms. The van der Waals surface area contributed by atoms with E-state index in [1.165, 1.54) is 0 Å². The standard InChI is InChI=1S/C11H18N4O2/c1-3-8-5-4-6-9(8)14-11(12)10(15(16)17)7(2)13-14/h8-9H,3-6,12H2,1-2H3. The molecule has 2 unspecified atom stereocenters. The SMILES string of the molecule is CCC1CCCC1n1nc(C)c([N+](=O)[O-])c1N. The summed E-state index contributed by atoms with van der Waals surface area (Å²) < 4.78 is 1.68. The Balaban J connectivity index is 2.39. The van der Waals surface area contributed by atoms with Gasteiger partial charge < -0.3 is 5.73 Å². The summed E-state index contributed by atoms with van der Waals surface area (Å²) in [5, 5.41) is 15.2. The largest absolute Gasteiger partial charge is 0.378 e. The summed E-state index contributed by atoms with van der Waals surface area (Å²) in [4.78, 5) is 10.5. The molecule has 0 bridgehead atoms. The Morgan fingerprint density at radius 3 is 2.82 bits per heavy atom. The number of aromatic nitrogens is 2. The van der Waals surface area contributed by atoms with Crippen LogP contribution in [-0.4, -0.2) is 14.7 Å². The van der Waals surface area contributed by atoms with Crippen molar-refractivity contribution in [1.29, 1.82) is 0 Å².